The first kappa shape index (κ1) is 15.4. The lowest BCUT2D eigenvalue weighted by Crippen LogP contribution is -2.37. The third-order valence-electron chi connectivity index (χ3n) is 3.37. The van der Waals surface area contributed by atoms with Gasteiger partial charge in [0.15, 0.2) is 9.84 Å². The summed E-state index contributed by atoms with van der Waals surface area (Å²) in [5.41, 5.74) is 1.67. The van der Waals surface area contributed by atoms with Gasteiger partial charge < -0.3 is 14.6 Å². The molecule has 0 radical (unpaired) electrons. The van der Waals surface area contributed by atoms with E-state index < -0.39 is 21.7 Å². The van der Waals surface area contributed by atoms with Crippen LogP contribution in [0.1, 0.15) is 18.1 Å². The molecule has 112 valence electrons. The second kappa shape index (κ2) is 5.81. The van der Waals surface area contributed by atoms with Crippen LogP contribution < -0.4 is 0 Å². The maximum atomic E-state index is 12.0. The second-order valence-corrected chi connectivity index (χ2v) is 7.39. The minimum Gasteiger partial charge on any atom is -0.394 e. The van der Waals surface area contributed by atoms with E-state index in [4.69, 9.17) is 9.47 Å². The summed E-state index contributed by atoms with van der Waals surface area (Å²) in [5, 5.41) is 9.20. The van der Waals surface area contributed by atoms with Crippen molar-refractivity contribution in [1.82, 2.24) is 0 Å². The van der Waals surface area contributed by atoms with Crippen molar-refractivity contribution in [2.45, 2.75) is 25.7 Å². The van der Waals surface area contributed by atoms with Gasteiger partial charge in [0.1, 0.15) is 11.9 Å². The van der Waals surface area contributed by atoms with Gasteiger partial charge in [0, 0.05) is 11.3 Å². The van der Waals surface area contributed by atoms with E-state index >= 15 is 0 Å². The zero-order valence-electron chi connectivity index (χ0n) is 11.7. The summed E-state index contributed by atoms with van der Waals surface area (Å²) < 4.78 is 35.4. The molecule has 1 fully saturated rings. The summed E-state index contributed by atoms with van der Waals surface area (Å²) >= 11 is 0. The molecule has 20 heavy (non-hydrogen) atoms. The van der Waals surface area contributed by atoms with Crippen LogP contribution in [0.15, 0.2) is 24.3 Å². The molecule has 1 heterocycles. The fraction of sp³-hybridized carbons (Fsp3) is 0.571. The first-order valence-corrected chi connectivity index (χ1v) is 8.43. The predicted molar refractivity (Wildman–Crippen MR) is 75.1 cm³/mol. The van der Waals surface area contributed by atoms with Gasteiger partial charge in [0.25, 0.3) is 0 Å². The molecule has 2 atom stereocenters. The number of hydrogen-bond acceptors (Lipinski definition) is 5. The number of aliphatic hydroxyl groups excluding tert-OH is 1. The smallest absolute Gasteiger partial charge is 0.209 e. The highest BCUT2D eigenvalue weighted by molar-refractivity contribution is 7.91. The minimum atomic E-state index is -3.29. The maximum absolute atomic E-state index is 12.0. The van der Waals surface area contributed by atoms with E-state index in [0.717, 1.165) is 5.56 Å². The van der Waals surface area contributed by atoms with Gasteiger partial charge in [-0.25, -0.2) is 8.42 Å². The topological polar surface area (TPSA) is 72.8 Å². The highest BCUT2D eigenvalue weighted by Crippen LogP contribution is 2.36. The van der Waals surface area contributed by atoms with Crippen LogP contribution in [0.4, 0.5) is 0 Å². The number of ether oxygens (including phenoxy) is 2. The molecule has 0 saturated carbocycles. The Bertz CT molecular complexity index is 569. The Morgan fingerprint density at radius 2 is 2.20 bits per heavy atom. The van der Waals surface area contributed by atoms with Crippen molar-refractivity contribution in [2.24, 2.45) is 0 Å². The van der Waals surface area contributed by atoms with Crippen LogP contribution >= 0.6 is 0 Å². The minimum absolute atomic E-state index is 0.0249. The van der Waals surface area contributed by atoms with Gasteiger partial charge in [-0.15, -0.1) is 0 Å². The average Bonchev–Trinajstić information content (AvgIpc) is 2.83. The molecule has 0 amide bonds. The summed E-state index contributed by atoms with van der Waals surface area (Å²) in [4.78, 5) is 0. The molecule has 1 aliphatic heterocycles. The molecule has 0 spiro atoms. The van der Waals surface area contributed by atoms with Gasteiger partial charge in [-0.2, -0.15) is 0 Å². The summed E-state index contributed by atoms with van der Waals surface area (Å²) in [7, 11) is -3.29. The van der Waals surface area contributed by atoms with E-state index in [9.17, 15) is 13.5 Å². The number of aliphatic hydroxyl groups is 1. The fourth-order valence-electron chi connectivity index (χ4n) is 2.24. The lowest BCUT2D eigenvalue weighted by atomic mass is 10.0. The molecular weight excluding hydrogens is 280 g/mol. The molecule has 1 aromatic rings. The Kier molecular flexibility index (Phi) is 4.49. The van der Waals surface area contributed by atoms with Crippen LogP contribution in [-0.4, -0.2) is 44.3 Å². The molecule has 6 heteroatoms. The Morgan fingerprint density at radius 1 is 1.45 bits per heavy atom. The maximum Gasteiger partial charge on any atom is 0.209 e. The van der Waals surface area contributed by atoms with Gasteiger partial charge in [0.05, 0.1) is 13.2 Å². The van der Waals surface area contributed by atoms with E-state index in [2.05, 4.69) is 0 Å². The van der Waals surface area contributed by atoms with Crippen molar-refractivity contribution >= 4 is 9.84 Å². The largest absolute Gasteiger partial charge is 0.394 e. The fourth-order valence-corrected chi connectivity index (χ4v) is 3.34. The SMILES string of the molecule is CCS(=O)(=O)C[C@]1(c2cccc(C)c2)OC[C@@H](CO)O1. The van der Waals surface area contributed by atoms with E-state index in [1.165, 1.54) is 0 Å². The molecular formula is C14H20O5S. The predicted octanol–water partition coefficient (Wildman–Crippen LogP) is 0.990. The summed E-state index contributed by atoms with van der Waals surface area (Å²) in [5.74, 6) is -1.53. The molecule has 0 aromatic heterocycles. The summed E-state index contributed by atoms with van der Waals surface area (Å²) in [6.45, 7) is 3.51. The van der Waals surface area contributed by atoms with Crippen LogP contribution in [0.5, 0.6) is 0 Å². The highest BCUT2D eigenvalue weighted by Gasteiger charge is 2.46. The van der Waals surface area contributed by atoms with Crippen molar-refractivity contribution < 1.29 is 23.0 Å². The van der Waals surface area contributed by atoms with Crippen molar-refractivity contribution in [3.63, 3.8) is 0 Å². The molecule has 2 rings (SSSR count). The quantitative estimate of drug-likeness (QED) is 0.878. The van der Waals surface area contributed by atoms with Crippen molar-refractivity contribution in [3.05, 3.63) is 35.4 Å². The molecule has 5 nitrogen and oxygen atoms in total. The van der Waals surface area contributed by atoms with Gasteiger partial charge in [-0.3, -0.25) is 0 Å². The lowest BCUT2D eigenvalue weighted by molar-refractivity contribution is -0.162. The second-order valence-electron chi connectivity index (χ2n) is 5.03. The monoisotopic (exact) mass is 300 g/mol. The van der Waals surface area contributed by atoms with Crippen molar-refractivity contribution in [3.8, 4) is 0 Å². The number of hydrogen-bond donors (Lipinski definition) is 1. The van der Waals surface area contributed by atoms with Crippen LogP contribution in [0.2, 0.25) is 0 Å². The third-order valence-corrected chi connectivity index (χ3v) is 5.07. The highest BCUT2D eigenvalue weighted by atomic mass is 32.2. The first-order valence-electron chi connectivity index (χ1n) is 6.61. The Balaban J connectivity index is 2.40. The summed E-state index contributed by atoms with van der Waals surface area (Å²) in [6.07, 6.45) is -0.498. The van der Waals surface area contributed by atoms with Gasteiger partial charge >= 0.3 is 0 Å². The number of benzene rings is 1. The van der Waals surface area contributed by atoms with E-state index in [0.29, 0.717) is 5.56 Å². The average molecular weight is 300 g/mol. The molecule has 0 bridgehead atoms. The molecule has 1 aliphatic rings. The third kappa shape index (κ3) is 3.20. The Hall–Kier alpha value is -0.950. The van der Waals surface area contributed by atoms with Gasteiger partial charge in [-0.1, -0.05) is 36.8 Å². The Labute approximate surface area is 119 Å². The number of aryl methyl sites for hydroxylation is 1. The zero-order valence-corrected chi connectivity index (χ0v) is 12.5. The molecule has 1 N–H and O–H groups in total. The molecule has 1 saturated heterocycles. The normalized spacial score (nSPS) is 26.9. The van der Waals surface area contributed by atoms with Gasteiger partial charge in [-0.05, 0) is 6.92 Å². The number of sulfone groups is 1. The van der Waals surface area contributed by atoms with Crippen LogP contribution in [0.3, 0.4) is 0 Å². The van der Waals surface area contributed by atoms with E-state index in [1.807, 2.05) is 25.1 Å². The molecule has 0 unspecified atom stereocenters. The van der Waals surface area contributed by atoms with Crippen molar-refractivity contribution in [2.75, 3.05) is 24.7 Å². The number of rotatable bonds is 5. The van der Waals surface area contributed by atoms with Gasteiger partial charge in [0.2, 0.25) is 5.79 Å². The van der Waals surface area contributed by atoms with E-state index in [1.54, 1.807) is 13.0 Å². The first-order chi connectivity index (χ1) is 9.41. The lowest BCUT2D eigenvalue weighted by Gasteiger charge is -2.28. The standard InChI is InChI=1S/C14H20O5S/c1-3-20(16,17)10-14(18-9-13(8-15)19-14)12-6-4-5-11(2)7-12/h4-7,13,15H,3,8-10H2,1-2H3/t13-,14+/m1/s1. The zero-order chi connectivity index (χ0) is 14.8. The molecule has 0 aliphatic carbocycles. The van der Waals surface area contributed by atoms with Crippen LogP contribution in [-0.2, 0) is 25.1 Å². The molecule has 1 aromatic carbocycles. The van der Waals surface area contributed by atoms with Crippen LogP contribution in [0, 0.1) is 6.92 Å². The summed E-state index contributed by atoms with van der Waals surface area (Å²) in [6, 6.07) is 7.40. The Morgan fingerprint density at radius 3 is 2.75 bits per heavy atom. The van der Waals surface area contributed by atoms with Crippen molar-refractivity contribution in [1.29, 1.82) is 0 Å². The van der Waals surface area contributed by atoms with Crippen LogP contribution in [0.25, 0.3) is 0 Å². The van der Waals surface area contributed by atoms with E-state index in [-0.39, 0.29) is 24.7 Å².